The number of amides is 1. The summed E-state index contributed by atoms with van der Waals surface area (Å²) < 4.78 is 5.19. The number of hydrogen-bond donors (Lipinski definition) is 1. The van der Waals surface area contributed by atoms with Gasteiger partial charge in [-0.3, -0.25) is 14.5 Å². The number of carbonyl (C=O) groups is 2. The highest BCUT2D eigenvalue weighted by atomic mass is 16.4. The molecule has 1 atom stereocenters. The third kappa shape index (κ3) is 3.13. The monoisotopic (exact) mass is 320 g/mol. The quantitative estimate of drug-likeness (QED) is 0.919. The lowest BCUT2D eigenvalue weighted by Crippen LogP contribution is -2.44. The Labute approximate surface area is 136 Å². The Morgan fingerprint density at radius 1 is 1.39 bits per heavy atom. The Bertz CT molecular complexity index is 561. The second kappa shape index (κ2) is 6.35. The molecule has 1 aromatic heterocycles. The highest BCUT2D eigenvalue weighted by molar-refractivity contribution is 5.91. The van der Waals surface area contributed by atoms with E-state index in [4.69, 9.17) is 4.42 Å². The zero-order valence-electron chi connectivity index (χ0n) is 13.5. The van der Waals surface area contributed by atoms with Crippen LogP contribution in [0.3, 0.4) is 0 Å². The van der Waals surface area contributed by atoms with E-state index >= 15 is 0 Å². The SMILES string of the molecule is CCCN1CC2(CCN(C(=O)c3ccco3)CC2)CC1C(=O)O. The number of likely N-dealkylation sites (tertiary alicyclic amines) is 2. The predicted molar refractivity (Wildman–Crippen MR) is 84.2 cm³/mol. The Balaban J connectivity index is 1.64. The first kappa shape index (κ1) is 16.1. The van der Waals surface area contributed by atoms with E-state index in [1.807, 2.05) is 4.90 Å². The van der Waals surface area contributed by atoms with Crippen molar-refractivity contribution in [3.05, 3.63) is 24.2 Å². The van der Waals surface area contributed by atoms with Gasteiger partial charge in [0, 0.05) is 19.6 Å². The molecule has 1 aromatic rings. The first-order chi connectivity index (χ1) is 11.0. The molecule has 3 heterocycles. The highest BCUT2D eigenvalue weighted by Crippen LogP contribution is 2.43. The largest absolute Gasteiger partial charge is 0.480 e. The van der Waals surface area contributed by atoms with Crippen LogP contribution < -0.4 is 0 Å². The normalized spacial score (nSPS) is 24.2. The molecule has 0 aliphatic carbocycles. The molecule has 0 aromatic carbocycles. The summed E-state index contributed by atoms with van der Waals surface area (Å²) in [7, 11) is 0. The molecule has 1 amide bonds. The molecule has 2 fully saturated rings. The Kier molecular flexibility index (Phi) is 4.43. The lowest BCUT2D eigenvalue weighted by Gasteiger charge is -2.39. The lowest BCUT2D eigenvalue weighted by atomic mass is 9.76. The van der Waals surface area contributed by atoms with E-state index in [2.05, 4.69) is 11.8 Å². The van der Waals surface area contributed by atoms with Crippen LogP contribution in [0, 0.1) is 5.41 Å². The molecule has 6 heteroatoms. The fourth-order valence-corrected chi connectivity index (χ4v) is 4.01. The number of carbonyl (C=O) groups excluding carboxylic acids is 1. The molecular weight excluding hydrogens is 296 g/mol. The molecule has 1 spiro atoms. The first-order valence-corrected chi connectivity index (χ1v) is 8.34. The maximum atomic E-state index is 12.3. The molecule has 0 bridgehead atoms. The minimum Gasteiger partial charge on any atom is -0.480 e. The Hall–Kier alpha value is -1.82. The van der Waals surface area contributed by atoms with Crippen molar-refractivity contribution in [1.82, 2.24) is 9.80 Å². The van der Waals surface area contributed by atoms with E-state index in [0.717, 1.165) is 32.4 Å². The smallest absolute Gasteiger partial charge is 0.320 e. The number of piperidine rings is 1. The maximum Gasteiger partial charge on any atom is 0.320 e. The summed E-state index contributed by atoms with van der Waals surface area (Å²) in [5, 5.41) is 9.47. The van der Waals surface area contributed by atoms with Gasteiger partial charge in [0.25, 0.3) is 5.91 Å². The fraction of sp³-hybridized carbons (Fsp3) is 0.647. The van der Waals surface area contributed by atoms with Gasteiger partial charge in [-0.05, 0) is 49.8 Å². The minimum atomic E-state index is -0.718. The molecule has 2 aliphatic heterocycles. The summed E-state index contributed by atoms with van der Waals surface area (Å²) in [5.74, 6) is -0.407. The van der Waals surface area contributed by atoms with Crippen molar-refractivity contribution >= 4 is 11.9 Å². The van der Waals surface area contributed by atoms with E-state index in [9.17, 15) is 14.7 Å². The number of carboxylic acids is 1. The summed E-state index contributed by atoms with van der Waals surface area (Å²) in [6.45, 7) is 5.08. The van der Waals surface area contributed by atoms with Gasteiger partial charge in [-0.15, -0.1) is 0 Å². The molecule has 0 radical (unpaired) electrons. The Morgan fingerprint density at radius 2 is 2.13 bits per heavy atom. The molecule has 0 saturated carbocycles. The number of rotatable bonds is 4. The number of nitrogens with zero attached hydrogens (tertiary/aromatic N) is 2. The van der Waals surface area contributed by atoms with Crippen LogP contribution in [0.2, 0.25) is 0 Å². The Morgan fingerprint density at radius 3 is 2.70 bits per heavy atom. The average molecular weight is 320 g/mol. The average Bonchev–Trinajstić information content (AvgIpc) is 3.17. The molecular formula is C17H24N2O4. The highest BCUT2D eigenvalue weighted by Gasteiger charge is 2.48. The second-order valence-corrected chi connectivity index (χ2v) is 6.80. The number of hydrogen-bond acceptors (Lipinski definition) is 4. The van der Waals surface area contributed by atoms with Crippen LogP contribution in [0.25, 0.3) is 0 Å². The standard InChI is InChI=1S/C17H24N2O4/c1-2-7-19-12-17(11-13(19)16(21)22)5-8-18(9-6-17)15(20)14-4-3-10-23-14/h3-4,10,13H,2,5-9,11-12H2,1H3,(H,21,22). The maximum absolute atomic E-state index is 12.3. The van der Waals surface area contributed by atoms with Crippen LogP contribution in [0.5, 0.6) is 0 Å². The van der Waals surface area contributed by atoms with Crippen molar-refractivity contribution in [2.75, 3.05) is 26.2 Å². The van der Waals surface area contributed by atoms with Gasteiger partial charge in [0.15, 0.2) is 5.76 Å². The molecule has 2 aliphatic rings. The molecule has 3 rings (SSSR count). The zero-order valence-corrected chi connectivity index (χ0v) is 13.5. The van der Waals surface area contributed by atoms with Crippen LogP contribution in [0.15, 0.2) is 22.8 Å². The van der Waals surface area contributed by atoms with E-state index in [1.165, 1.54) is 6.26 Å². The lowest BCUT2D eigenvalue weighted by molar-refractivity contribution is -0.142. The van der Waals surface area contributed by atoms with Crippen molar-refractivity contribution in [2.45, 2.75) is 38.6 Å². The minimum absolute atomic E-state index is 0.0399. The van der Waals surface area contributed by atoms with Crippen molar-refractivity contribution < 1.29 is 19.1 Å². The number of carboxylic acid groups (broad SMARTS) is 1. The van der Waals surface area contributed by atoms with Crippen molar-refractivity contribution in [1.29, 1.82) is 0 Å². The van der Waals surface area contributed by atoms with Crippen molar-refractivity contribution in [3.8, 4) is 0 Å². The van der Waals surface area contributed by atoms with Crippen molar-refractivity contribution in [3.63, 3.8) is 0 Å². The molecule has 23 heavy (non-hydrogen) atoms. The summed E-state index contributed by atoms with van der Waals surface area (Å²) in [5.41, 5.74) is 0.0399. The van der Waals surface area contributed by atoms with Gasteiger partial charge in [-0.2, -0.15) is 0 Å². The molecule has 6 nitrogen and oxygen atoms in total. The van der Waals surface area contributed by atoms with Crippen LogP contribution in [0.4, 0.5) is 0 Å². The van der Waals surface area contributed by atoms with Gasteiger partial charge < -0.3 is 14.4 Å². The van der Waals surface area contributed by atoms with Crippen LogP contribution >= 0.6 is 0 Å². The summed E-state index contributed by atoms with van der Waals surface area (Å²) in [4.78, 5) is 27.8. The van der Waals surface area contributed by atoms with Crippen LogP contribution in [-0.4, -0.2) is 59.0 Å². The van der Waals surface area contributed by atoms with E-state index in [-0.39, 0.29) is 17.4 Å². The summed E-state index contributed by atoms with van der Waals surface area (Å²) in [6.07, 6.45) is 4.90. The van der Waals surface area contributed by atoms with Gasteiger partial charge in [-0.1, -0.05) is 6.92 Å². The zero-order chi connectivity index (χ0) is 16.4. The van der Waals surface area contributed by atoms with Crippen molar-refractivity contribution in [2.24, 2.45) is 5.41 Å². The van der Waals surface area contributed by atoms with Gasteiger partial charge in [0.05, 0.1) is 6.26 Å². The molecule has 2 saturated heterocycles. The van der Waals surface area contributed by atoms with E-state index in [0.29, 0.717) is 25.3 Å². The van der Waals surface area contributed by atoms with Crippen LogP contribution in [-0.2, 0) is 4.79 Å². The number of furan rings is 1. The van der Waals surface area contributed by atoms with Gasteiger partial charge in [0.1, 0.15) is 6.04 Å². The third-order valence-corrected chi connectivity index (χ3v) is 5.24. The predicted octanol–water partition coefficient (Wildman–Crippen LogP) is 2.07. The van der Waals surface area contributed by atoms with E-state index in [1.54, 1.807) is 12.1 Å². The summed E-state index contributed by atoms with van der Waals surface area (Å²) >= 11 is 0. The van der Waals surface area contributed by atoms with Crippen LogP contribution in [0.1, 0.15) is 43.2 Å². The summed E-state index contributed by atoms with van der Waals surface area (Å²) in [6, 6.07) is 3.03. The van der Waals surface area contributed by atoms with E-state index < -0.39 is 5.97 Å². The fourth-order valence-electron chi connectivity index (χ4n) is 4.01. The molecule has 126 valence electrons. The molecule has 1 unspecified atom stereocenters. The second-order valence-electron chi connectivity index (χ2n) is 6.80. The third-order valence-electron chi connectivity index (χ3n) is 5.24. The van der Waals surface area contributed by atoms with Gasteiger partial charge >= 0.3 is 5.97 Å². The number of aliphatic carboxylic acids is 1. The molecule has 1 N–H and O–H groups in total. The first-order valence-electron chi connectivity index (χ1n) is 8.34. The van der Waals surface area contributed by atoms with Gasteiger partial charge in [-0.25, -0.2) is 0 Å². The van der Waals surface area contributed by atoms with Gasteiger partial charge in [0.2, 0.25) is 0 Å². The topological polar surface area (TPSA) is 74.0 Å².